The van der Waals surface area contributed by atoms with Gasteiger partial charge in [0.25, 0.3) is 6.43 Å². The Kier molecular flexibility index (Phi) is 4.64. The van der Waals surface area contributed by atoms with Crippen molar-refractivity contribution in [2.75, 3.05) is 13.7 Å². The van der Waals surface area contributed by atoms with Crippen molar-refractivity contribution in [3.05, 3.63) is 17.0 Å². The molecule has 0 aliphatic rings. The molecule has 0 aromatic carbocycles. The van der Waals surface area contributed by atoms with Crippen LogP contribution in [0.25, 0.3) is 0 Å². The average molecular weight is 239 g/mol. The van der Waals surface area contributed by atoms with Gasteiger partial charge in [0.15, 0.2) is 12.4 Å². The Balaban J connectivity index is 2.70. The van der Waals surface area contributed by atoms with Gasteiger partial charge in [-0.05, 0) is 0 Å². The van der Waals surface area contributed by atoms with Crippen molar-refractivity contribution in [1.82, 2.24) is 9.97 Å². The third-order valence-electron chi connectivity index (χ3n) is 1.35. The number of hydrogen-bond donors (Lipinski definition) is 0. The fourth-order valence-electron chi connectivity index (χ4n) is 0.858. The highest BCUT2D eigenvalue weighted by atomic mass is 35.5. The average Bonchev–Trinajstić information content (AvgIpc) is 2.14. The number of ether oxygens (including phenoxy) is 2. The Hall–Kier alpha value is -1.01. The maximum Gasteiger partial charge on any atom is 0.272 e. The monoisotopic (exact) mass is 238 g/mol. The summed E-state index contributed by atoms with van der Waals surface area (Å²) in [5, 5.41) is 0.126. The molecule has 4 nitrogen and oxygen atoms in total. The van der Waals surface area contributed by atoms with Gasteiger partial charge in [-0.1, -0.05) is 11.6 Å². The van der Waals surface area contributed by atoms with Gasteiger partial charge in [-0.15, -0.1) is 0 Å². The molecule has 0 amide bonds. The zero-order chi connectivity index (χ0) is 11.3. The van der Waals surface area contributed by atoms with E-state index in [2.05, 4.69) is 9.97 Å². The van der Waals surface area contributed by atoms with Crippen LogP contribution < -0.4 is 4.74 Å². The Morgan fingerprint density at radius 1 is 1.47 bits per heavy atom. The molecule has 0 fully saturated rings. The third kappa shape index (κ3) is 4.35. The summed E-state index contributed by atoms with van der Waals surface area (Å²) < 4.78 is 33.2. The lowest BCUT2D eigenvalue weighted by atomic mass is 10.5. The molecule has 0 aliphatic heterocycles. The summed E-state index contributed by atoms with van der Waals surface area (Å²) in [6, 6.07) is 1.27. The molecule has 0 N–H and O–H groups in total. The second-order valence-corrected chi connectivity index (χ2v) is 2.97. The number of alkyl halides is 2. The van der Waals surface area contributed by atoms with Crippen LogP contribution in [0.2, 0.25) is 5.15 Å². The fraction of sp³-hybridized carbons (Fsp3) is 0.500. The van der Waals surface area contributed by atoms with Crippen LogP contribution in [0.15, 0.2) is 6.07 Å². The molecule has 0 saturated heterocycles. The van der Waals surface area contributed by atoms with Crippen molar-refractivity contribution in [1.29, 1.82) is 0 Å². The van der Waals surface area contributed by atoms with Gasteiger partial charge in [0.2, 0.25) is 5.88 Å². The SMILES string of the molecule is COCc1nc(Cl)cc(OCC(F)F)n1. The van der Waals surface area contributed by atoms with Gasteiger partial charge in [-0.25, -0.2) is 13.8 Å². The molecule has 1 aromatic rings. The first-order chi connectivity index (χ1) is 7.11. The van der Waals surface area contributed by atoms with E-state index < -0.39 is 13.0 Å². The van der Waals surface area contributed by atoms with E-state index >= 15 is 0 Å². The standard InChI is InChI=1S/C8H9ClF2N2O2/c1-14-4-7-12-5(9)2-8(13-7)15-3-6(10)11/h2,6H,3-4H2,1H3. The van der Waals surface area contributed by atoms with Crippen molar-refractivity contribution < 1.29 is 18.3 Å². The molecule has 1 aromatic heterocycles. The minimum absolute atomic E-state index is 0.0161. The van der Waals surface area contributed by atoms with Crippen molar-refractivity contribution in [3.8, 4) is 5.88 Å². The zero-order valence-electron chi connectivity index (χ0n) is 7.91. The second-order valence-electron chi connectivity index (χ2n) is 2.58. The van der Waals surface area contributed by atoms with Crippen molar-refractivity contribution in [3.63, 3.8) is 0 Å². The minimum atomic E-state index is -2.55. The maximum absolute atomic E-state index is 11.8. The van der Waals surface area contributed by atoms with E-state index in [-0.39, 0.29) is 23.5 Å². The summed E-state index contributed by atoms with van der Waals surface area (Å²) in [6.45, 7) is -0.578. The largest absolute Gasteiger partial charge is 0.471 e. The van der Waals surface area contributed by atoms with E-state index in [0.29, 0.717) is 0 Å². The molecule has 0 spiro atoms. The van der Waals surface area contributed by atoms with Gasteiger partial charge in [0.1, 0.15) is 11.8 Å². The topological polar surface area (TPSA) is 44.2 Å². The van der Waals surface area contributed by atoms with Crippen LogP contribution in [0.4, 0.5) is 8.78 Å². The Morgan fingerprint density at radius 2 is 2.20 bits per heavy atom. The van der Waals surface area contributed by atoms with E-state index in [1.54, 1.807) is 0 Å². The quantitative estimate of drug-likeness (QED) is 0.735. The number of halogens is 3. The molecule has 0 atom stereocenters. The number of nitrogens with zero attached hydrogens (tertiary/aromatic N) is 2. The van der Waals surface area contributed by atoms with Gasteiger partial charge < -0.3 is 9.47 Å². The third-order valence-corrected chi connectivity index (χ3v) is 1.54. The van der Waals surface area contributed by atoms with E-state index in [9.17, 15) is 8.78 Å². The first-order valence-corrected chi connectivity index (χ1v) is 4.43. The molecular weight excluding hydrogens is 230 g/mol. The predicted octanol–water partition coefficient (Wildman–Crippen LogP) is 1.92. The first-order valence-electron chi connectivity index (χ1n) is 4.05. The molecule has 1 rings (SSSR count). The van der Waals surface area contributed by atoms with Gasteiger partial charge in [-0.3, -0.25) is 0 Å². The maximum atomic E-state index is 11.8. The van der Waals surface area contributed by atoms with Crippen LogP contribution in [0.3, 0.4) is 0 Å². The number of methoxy groups -OCH3 is 1. The predicted molar refractivity (Wildman–Crippen MR) is 49.3 cm³/mol. The van der Waals surface area contributed by atoms with Gasteiger partial charge >= 0.3 is 0 Å². The Bertz CT molecular complexity index is 326. The van der Waals surface area contributed by atoms with Crippen LogP contribution in [0, 0.1) is 0 Å². The van der Waals surface area contributed by atoms with Crippen molar-refractivity contribution in [2.24, 2.45) is 0 Å². The highest BCUT2D eigenvalue weighted by molar-refractivity contribution is 6.29. The van der Waals surface area contributed by atoms with E-state index in [4.69, 9.17) is 21.1 Å². The summed E-state index contributed by atoms with van der Waals surface area (Å²) in [6.07, 6.45) is -2.55. The molecule has 1 heterocycles. The summed E-state index contributed by atoms with van der Waals surface area (Å²) in [5.41, 5.74) is 0. The molecule has 7 heteroatoms. The van der Waals surface area contributed by atoms with Gasteiger partial charge in [-0.2, -0.15) is 4.98 Å². The molecule has 0 saturated carbocycles. The summed E-state index contributed by atoms with van der Waals surface area (Å²) >= 11 is 5.63. The Labute approximate surface area is 90.2 Å². The normalized spacial score (nSPS) is 10.7. The van der Waals surface area contributed by atoms with Gasteiger partial charge in [0, 0.05) is 13.2 Å². The molecule has 0 unspecified atom stereocenters. The molecule has 0 aliphatic carbocycles. The van der Waals surface area contributed by atoms with Crippen LogP contribution in [-0.4, -0.2) is 30.1 Å². The fourth-order valence-corrected chi connectivity index (χ4v) is 1.05. The molecule has 84 valence electrons. The minimum Gasteiger partial charge on any atom is -0.471 e. The van der Waals surface area contributed by atoms with Gasteiger partial charge in [0.05, 0.1) is 0 Å². The Morgan fingerprint density at radius 3 is 2.80 bits per heavy atom. The van der Waals surface area contributed by atoms with Crippen LogP contribution in [0.5, 0.6) is 5.88 Å². The van der Waals surface area contributed by atoms with Crippen LogP contribution >= 0.6 is 11.6 Å². The smallest absolute Gasteiger partial charge is 0.272 e. The zero-order valence-corrected chi connectivity index (χ0v) is 8.67. The first kappa shape index (κ1) is 12.1. The number of aromatic nitrogens is 2. The summed E-state index contributed by atoms with van der Waals surface area (Å²) in [5.74, 6) is 0.302. The highest BCUT2D eigenvalue weighted by Gasteiger charge is 2.07. The van der Waals surface area contributed by atoms with Crippen molar-refractivity contribution >= 4 is 11.6 Å². The van der Waals surface area contributed by atoms with E-state index in [0.717, 1.165) is 0 Å². The lowest BCUT2D eigenvalue weighted by Crippen LogP contribution is -2.09. The molecule has 0 radical (unpaired) electrons. The molecule has 0 bridgehead atoms. The summed E-state index contributed by atoms with van der Waals surface area (Å²) in [7, 11) is 1.46. The number of hydrogen-bond acceptors (Lipinski definition) is 4. The molecular formula is C8H9ClF2N2O2. The van der Waals surface area contributed by atoms with Crippen molar-refractivity contribution in [2.45, 2.75) is 13.0 Å². The van der Waals surface area contributed by atoms with E-state index in [1.165, 1.54) is 13.2 Å². The summed E-state index contributed by atoms with van der Waals surface area (Å²) in [4.78, 5) is 7.63. The van der Waals surface area contributed by atoms with Crippen LogP contribution in [0.1, 0.15) is 5.82 Å². The highest BCUT2D eigenvalue weighted by Crippen LogP contribution is 2.14. The number of rotatable bonds is 5. The van der Waals surface area contributed by atoms with E-state index in [1.807, 2.05) is 0 Å². The van der Waals surface area contributed by atoms with Crippen LogP contribution in [-0.2, 0) is 11.3 Å². The second kappa shape index (κ2) is 5.77. The molecule has 15 heavy (non-hydrogen) atoms. The lowest BCUT2D eigenvalue weighted by Gasteiger charge is -2.06. The lowest BCUT2D eigenvalue weighted by molar-refractivity contribution is 0.0790.